The molecular formula is C25H31FN4. The molecule has 5 heteroatoms. The van der Waals surface area contributed by atoms with Gasteiger partial charge in [-0.15, -0.1) is 0 Å². The Labute approximate surface area is 179 Å². The number of halogens is 1. The number of aromatic nitrogens is 2. The molecule has 4 nitrogen and oxygen atoms in total. The van der Waals surface area contributed by atoms with E-state index in [9.17, 15) is 4.39 Å². The van der Waals surface area contributed by atoms with Crippen molar-refractivity contribution >= 4 is 0 Å². The van der Waals surface area contributed by atoms with Crippen LogP contribution in [0.25, 0.3) is 5.82 Å². The molecule has 3 aromatic rings. The predicted molar refractivity (Wildman–Crippen MR) is 119 cm³/mol. The maximum absolute atomic E-state index is 13.3. The largest absolute Gasteiger partial charge is 0.304 e. The summed E-state index contributed by atoms with van der Waals surface area (Å²) >= 11 is 0. The van der Waals surface area contributed by atoms with Gasteiger partial charge in [-0.25, -0.2) is 9.37 Å². The lowest BCUT2D eigenvalue weighted by molar-refractivity contribution is 0.152. The quantitative estimate of drug-likeness (QED) is 0.554. The highest BCUT2D eigenvalue weighted by Crippen LogP contribution is 2.20. The average Bonchev–Trinajstić information content (AvgIpc) is 3.22. The van der Waals surface area contributed by atoms with Gasteiger partial charge in [0, 0.05) is 37.7 Å². The molecule has 0 amide bonds. The van der Waals surface area contributed by atoms with E-state index < -0.39 is 0 Å². The number of benzene rings is 1. The molecule has 1 aliphatic heterocycles. The molecule has 0 unspecified atom stereocenters. The van der Waals surface area contributed by atoms with Crippen LogP contribution < -0.4 is 0 Å². The van der Waals surface area contributed by atoms with E-state index in [0.29, 0.717) is 0 Å². The Morgan fingerprint density at radius 2 is 1.93 bits per heavy atom. The van der Waals surface area contributed by atoms with E-state index >= 15 is 0 Å². The Morgan fingerprint density at radius 3 is 2.70 bits per heavy atom. The van der Waals surface area contributed by atoms with E-state index in [1.54, 1.807) is 12.1 Å². The SMILES string of the molecule is CN(Cc1cccn1-c1ccccn1)CC1CCN(CCc2cccc(F)c2)CC1. The van der Waals surface area contributed by atoms with Crippen LogP contribution in [0.1, 0.15) is 24.1 Å². The molecule has 158 valence electrons. The summed E-state index contributed by atoms with van der Waals surface area (Å²) in [6.07, 6.45) is 7.31. The van der Waals surface area contributed by atoms with Gasteiger partial charge in [0.1, 0.15) is 11.6 Å². The topological polar surface area (TPSA) is 24.3 Å². The van der Waals surface area contributed by atoms with Crippen LogP contribution in [-0.4, -0.2) is 52.6 Å². The molecule has 0 N–H and O–H groups in total. The van der Waals surface area contributed by atoms with E-state index in [4.69, 9.17) is 0 Å². The first kappa shape index (κ1) is 20.8. The normalized spacial score (nSPS) is 15.7. The van der Waals surface area contributed by atoms with Crippen molar-refractivity contribution in [1.82, 2.24) is 19.4 Å². The highest BCUT2D eigenvalue weighted by molar-refractivity contribution is 5.27. The zero-order valence-electron chi connectivity index (χ0n) is 17.8. The van der Waals surface area contributed by atoms with Gasteiger partial charge < -0.3 is 14.4 Å². The van der Waals surface area contributed by atoms with Crippen molar-refractivity contribution in [2.45, 2.75) is 25.8 Å². The molecule has 0 atom stereocenters. The average molecular weight is 407 g/mol. The molecule has 0 radical (unpaired) electrons. The lowest BCUT2D eigenvalue weighted by Crippen LogP contribution is -2.38. The maximum Gasteiger partial charge on any atom is 0.136 e. The fourth-order valence-electron chi connectivity index (χ4n) is 4.42. The number of hydrogen-bond donors (Lipinski definition) is 0. The molecule has 30 heavy (non-hydrogen) atoms. The van der Waals surface area contributed by atoms with Crippen LogP contribution in [0, 0.1) is 11.7 Å². The number of rotatable bonds is 8. The molecule has 0 aliphatic carbocycles. The van der Waals surface area contributed by atoms with E-state index in [-0.39, 0.29) is 5.82 Å². The molecule has 1 fully saturated rings. The molecule has 0 saturated carbocycles. The molecule has 3 heterocycles. The van der Waals surface area contributed by atoms with Crippen LogP contribution in [0.3, 0.4) is 0 Å². The van der Waals surface area contributed by atoms with Crippen LogP contribution in [0.4, 0.5) is 4.39 Å². The smallest absolute Gasteiger partial charge is 0.136 e. The summed E-state index contributed by atoms with van der Waals surface area (Å²) in [5.74, 6) is 1.57. The van der Waals surface area contributed by atoms with E-state index in [1.165, 1.54) is 24.6 Å². The first-order chi connectivity index (χ1) is 14.7. The summed E-state index contributed by atoms with van der Waals surface area (Å²) < 4.78 is 15.5. The summed E-state index contributed by atoms with van der Waals surface area (Å²) in [4.78, 5) is 9.43. The summed E-state index contributed by atoms with van der Waals surface area (Å²) in [5, 5.41) is 0. The summed E-state index contributed by atoms with van der Waals surface area (Å²) in [6, 6.07) is 17.3. The van der Waals surface area contributed by atoms with Gasteiger partial charge in [-0.05, 0) is 87.3 Å². The standard InChI is InChI=1S/C25H31FN4/c1-28(20-24-8-5-14-30(24)25-9-2-3-13-27-25)19-22-11-16-29(17-12-22)15-10-21-6-4-7-23(26)18-21/h2-9,13-14,18,22H,10-12,15-17,19-20H2,1H3. The zero-order chi connectivity index (χ0) is 20.8. The van der Waals surface area contributed by atoms with Crippen molar-refractivity contribution in [3.63, 3.8) is 0 Å². The highest BCUT2D eigenvalue weighted by atomic mass is 19.1. The molecule has 1 aromatic carbocycles. The van der Waals surface area contributed by atoms with Crippen LogP contribution in [0.2, 0.25) is 0 Å². The minimum Gasteiger partial charge on any atom is -0.304 e. The number of hydrogen-bond acceptors (Lipinski definition) is 3. The van der Waals surface area contributed by atoms with Crippen molar-refractivity contribution in [2.75, 3.05) is 33.2 Å². The number of pyridine rings is 1. The van der Waals surface area contributed by atoms with Gasteiger partial charge in [0.15, 0.2) is 0 Å². The molecule has 0 bridgehead atoms. The van der Waals surface area contributed by atoms with Crippen LogP contribution >= 0.6 is 0 Å². The monoisotopic (exact) mass is 406 g/mol. The van der Waals surface area contributed by atoms with Crippen molar-refractivity contribution in [3.8, 4) is 5.82 Å². The second-order valence-electron chi connectivity index (χ2n) is 8.42. The van der Waals surface area contributed by atoms with Gasteiger partial charge in [-0.1, -0.05) is 18.2 Å². The third-order valence-electron chi connectivity index (χ3n) is 6.04. The van der Waals surface area contributed by atoms with E-state index in [0.717, 1.165) is 56.4 Å². The molecule has 1 aliphatic rings. The predicted octanol–water partition coefficient (Wildman–Crippen LogP) is 4.40. The van der Waals surface area contributed by atoms with Crippen molar-refractivity contribution in [2.24, 2.45) is 5.92 Å². The summed E-state index contributed by atoms with van der Waals surface area (Å²) in [6.45, 7) is 5.33. The first-order valence-electron chi connectivity index (χ1n) is 10.9. The summed E-state index contributed by atoms with van der Waals surface area (Å²) in [5.41, 5.74) is 2.36. The molecular weight excluding hydrogens is 375 g/mol. The molecule has 1 saturated heterocycles. The summed E-state index contributed by atoms with van der Waals surface area (Å²) in [7, 11) is 2.21. The second-order valence-corrected chi connectivity index (χ2v) is 8.42. The minimum absolute atomic E-state index is 0.136. The Balaban J connectivity index is 1.22. The van der Waals surface area contributed by atoms with E-state index in [1.807, 2.05) is 30.5 Å². The van der Waals surface area contributed by atoms with Crippen LogP contribution in [0.5, 0.6) is 0 Å². The lowest BCUT2D eigenvalue weighted by Gasteiger charge is -2.34. The zero-order valence-corrected chi connectivity index (χ0v) is 17.8. The van der Waals surface area contributed by atoms with Crippen molar-refractivity contribution < 1.29 is 4.39 Å². The second kappa shape index (κ2) is 10.0. The van der Waals surface area contributed by atoms with Gasteiger partial charge in [0.25, 0.3) is 0 Å². The van der Waals surface area contributed by atoms with Crippen molar-refractivity contribution in [1.29, 1.82) is 0 Å². The molecule has 4 rings (SSSR count). The van der Waals surface area contributed by atoms with Gasteiger partial charge >= 0.3 is 0 Å². The van der Waals surface area contributed by atoms with Crippen molar-refractivity contribution in [3.05, 3.63) is 84.1 Å². The lowest BCUT2D eigenvalue weighted by atomic mass is 9.96. The fourth-order valence-corrected chi connectivity index (χ4v) is 4.42. The maximum atomic E-state index is 13.3. The Morgan fingerprint density at radius 1 is 1.07 bits per heavy atom. The van der Waals surface area contributed by atoms with Crippen LogP contribution in [0.15, 0.2) is 67.0 Å². The molecule has 0 spiro atoms. The number of likely N-dealkylation sites (tertiary alicyclic amines) is 1. The van der Waals surface area contributed by atoms with Crippen LogP contribution in [-0.2, 0) is 13.0 Å². The van der Waals surface area contributed by atoms with Gasteiger partial charge in [0.05, 0.1) is 0 Å². The molecule has 2 aromatic heterocycles. The Kier molecular flexibility index (Phi) is 6.92. The fraction of sp³-hybridized carbons (Fsp3) is 0.400. The Hall–Kier alpha value is -2.50. The third kappa shape index (κ3) is 5.55. The minimum atomic E-state index is -0.136. The number of nitrogens with zero attached hydrogens (tertiary/aromatic N) is 4. The number of piperidine rings is 1. The Bertz CT molecular complexity index is 916. The third-order valence-corrected chi connectivity index (χ3v) is 6.04. The van der Waals surface area contributed by atoms with Gasteiger partial charge in [0.2, 0.25) is 0 Å². The van der Waals surface area contributed by atoms with Gasteiger partial charge in [-0.3, -0.25) is 0 Å². The van der Waals surface area contributed by atoms with E-state index in [2.05, 4.69) is 44.7 Å². The first-order valence-corrected chi connectivity index (χ1v) is 10.9. The highest BCUT2D eigenvalue weighted by Gasteiger charge is 2.20. The van der Waals surface area contributed by atoms with Gasteiger partial charge in [-0.2, -0.15) is 0 Å².